The van der Waals surface area contributed by atoms with E-state index in [-0.39, 0.29) is 18.2 Å². The molecule has 120 valence electrons. The Morgan fingerprint density at radius 2 is 1.92 bits per heavy atom. The van der Waals surface area contributed by atoms with Crippen LogP contribution in [0.15, 0.2) is 42.7 Å². The van der Waals surface area contributed by atoms with Gasteiger partial charge in [-0.3, -0.25) is 9.59 Å². The number of hydrogen-bond acceptors (Lipinski definition) is 2. The molecule has 1 aliphatic rings. The molecule has 0 unspecified atom stereocenters. The monoisotopic (exact) mass is 320 g/mol. The van der Waals surface area contributed by atoms with E-state index in [2.05, 4.69) is 11.2 Å². The highest BCUT2D eigenvalue weighted by Gasteiger charge is 2.24. The maximum Gasteiger partial charge on any atom is 0.233 e. The first-order chi connectivity index (χ1) is 11.6. The highest BCUT2D eigenvalue weighted by atomic mass is 16.2. The Kier molecular flexibility index (Phi) is 4.30. The van der Waals surface area contributed by atoms with Crippen molar-refractivity contribution in [3.05, 3.63) is 59.4 Å². The van der Waals surface area contributed by atoms with Crippen LogP contribution in [0.1, 0.15) is 23.1 Å². The lowest BCUT2D eigenvalue weighted by Crippen LogP contribution is -2.30. The second-order valence-corrected chi connectivity index (χ2v) is 5.83. The minimum atomic E-state index is -0.360. The van der Waals surface area contributed by atoms with Gasteiger partial charge in [-0.05, 0) is 11.1 Å². The Morgan fingerprint density at radius 3 is 2.54 bits per heavy atom. The van der Waals surface area contributed by atoms with E-state index in [1.54, 1.807) is 27.9 Å². The van der Waals surface area contributed by atoms with Gasteiger partial charge in [-0.1, -0.05) is 30.2 Å². The Bertz CT molecular complexity index is 827. The van der Waals surface area contributed by atoms with Gasteiger partial charge < -0.3 is 10.2 Å². The Labute approximate surface area is 140 Å². The van der Waals surface area contributed by atoms with E-state index < -0.39 is 0 Å². The van der Waals surface area contributed by atoms with E-state index in [4.69, 9.17) is 6.42 Å². The van der Waals surface area contributed by atoms with Crippen LogP contribution in [0.4, 0.5) is 5.69 Å². The molecule has 0 radical (unpaired) electrons. The van der Waals surface area contributed by atoms with Crippen LogP contribution in [0, 0.1) is 12.3 Å². The minimum absolute atomic E-state index is 0.188. The summed E-state index contributed by atoms with van der Waals surface area (Å²) in [5.41, 5.74) is 3.39. The van der Waals surface area contributed by atoms with E-state index >= 15 is 0 Å². The molecule has 0 atom stereocenters. The molecule has 1 aromatic carbocycles. The van der Waals surface area contributed by atoms with Crippen molar-refractivity contribution in [2.75, 3.05) is 5.32 Å². The average Bonchev–Trinajstić information content (AvgIpc) is 3.00. The number of benzene rings is 1. The molecule has 24 heavy (non-hydrogen) atoms. The van der Waals surface area contributed by atoms with Crippen molar-refractivity contribution in [1.29, 1.82) is 0 Å². The number of fused-ring (bicyclic) bond motifs is 1. The van der Waals surface area contributed by atoms with Crippen molar-refractivity contribution in [1.82, 2.24) is 4.90 Å². The molecule has 0 saturated carbocycles. The summed E-state index contributed by atoms with van der Waals surface area (Å²) in [6.07, 6.45) is 8.79. The number of rotatable bonds is 3. The molecule has 0 saturated heterocycles. The zero-order chi connectivity index (χ0) is 17.1. The quantitative estimate of drug-likeness (QED) is 0.527. The van der Waals surface area contributed by atoms with E-state index in [0.29, 0.717) is 24.3 Å². The van der Waals surface area contributed by atoms with Gasteiger partial charge in [-0.15, -0.1) is 6.42 Å². The van der Waals surface area contributed by atoms with Gasteiger partial charge in [-0.25, -0.2) is 4.57 Å². The van der Waals surface area contributed by atoms with Gasteiger partial charge in [0.2, 0.25) is 11.8 Å². The second kappa shape index (κ2) is 6.55. The number of amides is 2. The van der Waals surface area contributed by atoms with Crippen LogP contribution in [-0.4, -0.2) is 16.7 Å². The van der Waals surface area contributed by atoms with Crippen molar-refractivity contribution in [2.45, 2.75) is 19.5 Å². The standard InChI is InChI=1S/C19H17N3O2/c1-3-14-11-21(2)9-8-17(14)20-18(23)10-19(24)22-12-15-6-4-5-7-16(15)13-22/h1,4-9,11H,10,12-13H2,2H3/p+1. The third-order valence-corrected chi connectivity index (χ3v) is 4.03. The Balaban J connectivity index is 1.62. The molecular weight excluding hydrogens is 302 g/mol. The van der Waals surface area contributed by atoms with Crippen LogP contribution in [0.5, 0.6) is 0 Å². The molecule has 0 bridgehead atoms. The highest BCUT2D eigenvalue weighted by molar-refractivity contribution is 6.04. The van der Waals surface area contributed by atoms with Crippen LogP contribution in [0.3, 0.4) is 0 Å². The number of carbonyl (C=O) groups is 2. The van der Waals surface area contributed by atoms with Gasteiger partial charge in [0.1, 0.15) is 19.0 Å². The topological polar surface area (TPSA) is 53.3 Å². The normalized spacial score (nSPS) is 12.4. The third kappa shape index (κ3) is 3.28. The van der Waals surface area contributed by atoms with Crippen LogP contribution in [-0.2, 0) is 29.7 Å². The second-order valence-electron chi connectivity index (χ2n) is 5.83. The van der Waals surface area contributed by atoms with Crippen LogP contribution >= 0.6 is 0 Å². The summed E-state index contributed by atoms with van der Waals surface area (Å²) < 4.78 is 1.80. The molecule has 5 heteroatoms. The molecule has 1 aliphatic heterocycles. The van der Waals surface area contributed by atoms with E-state index in [1.807, 2.05) is 31.3 Å². The summed E-state index contributed by atoms with van der Waals surface area (Å²) in [6.45, 7) is 1.11. The first-order valence-corrected chi connectivity index (χ1v) is 7.67. The first kappa shape index (κ1) is 15.8. The number of carbonyl (C=O) groups excluding carboxylic acids is 2. The lowest BCUT2D eigenvalue weighted by Gasteiger charge is -2.15. The van der Waals surface area contributed by atoms with Crippen molar-refractivity contribution < 1.29 is 14.2 Å². The molecular formula is C19H18N3O2+. The summed E-state index contributed by atoms with van der Waals surface area (Å²) >= 11 is 0. The van der Waals surface area contributed by atoms with E-state index in [1.165, 1.54) is 0 Å². The number of nitrogens with one attached hydrogen (secondary N) is 1. The van der Waals surface area contributed by atoms with Gasteiger partial charge in [0.15, 0.2) is 12.4 Å². The van der Waals surface area contributed by atoms with Gasteiger partial charge in [0.05, 0.1) is 5.69 Å². The molecule has 2 aromatic rings. The van der Waals surface area contributed by atoms with Gasteiger partial charge in [-0.2, -0.15) is 0 Å². The number of pyridine rings is 1. The minimum Gasteiger partial charge on any atom is -0.334 e. The zero-order valence-corrected chi connectivity index (χ0v) is 13.5. The molecule has 2 amide bonds. The smallest absolute Gasteiger partial charge is 0.233 e. The summed E-state index contributed by atoms with van der Waals surface area (Å²) in [4.78, 5) is 26.2. The SMILES string of the molecule is C#Cc1c[n+](C)ccc1NC(=O)CC(=O)N1Cc2ccccc2C1. The molecule has 0 fully saturated rings. The highest BCUT2D eigenvalue weighted by Crippen LogP contribution is 2.22. The predicted octanol–water partition coefficient (Wildman–Crippen LogP) is 1.36. The largest absolute Gasteiger partial charge is 0.334 e. The number of nitrogens with zero attached hydrogens (tertiary/aromatic N) is 2. The fraction of sp³-hybridized carbons (Fsp3) is 0.211. The first-order valence-electron chi connectivity index (χ1n) is 7.67. The number of aryl methyl sites for hydroxylation is 1. The zero-order valence-electron chi connectivity index (χ0n) is 13.5. The lowest BCUT2D eigenvalue weighted by molar-refractivity contribution is -0.671. The van der Waals surface area contributed by atoms with Crippen molar-refractivity contribution in [3.63, 3.8) is 0 Å². The predicted molar refractivity (Wildman–Crippen MR) is 89.5 cm³/mol. The number of terminal acetylenes is 1. The van der Waals surface area contributed by atoms with Gasteiger partial charge >= 0.3 is 0 Å². The maximum atomic E-state index is 12.3. The number of hydrogen-bond donors (Lipinski definition) is 1. The Morgan fingerprint density at radius 1 is 1.25 bits per heavy atom. The summed E-state index contributed by atoms with van der Waals surface area (Å²) in [5, 5.41) is 2.72. The molecule has 1 N–H and O–H groups in total. The number of aromatic nitrogens is 1. The van der Waals surface area contributed by atoms with Crippen molar-refractivity contribution in [2.24, 2.45) is 7.05 Å². The van der Waals surface area contributed by atoms with E-state index in [9.17, 15) is 9.59 Å². The van der Waals surface area contributed by atoms with Crippen molar-refractivity contribution >= 4 is 17.5 Å². The average molecular weight is 320 g/mol. The van der Waals surface area contributed by atoms with Crippen LogP contribution in [0.2, 0.25) is 0 Å². The van der Waals surface area contributed by atoms with E-state index in [0.717, 1.165) is 11.1 Å². The number of anilines is 1. The van der Waals surface area contributed by atoms with Gasteiger partial charge in [0.25, 0.3) is 0 Å². The maximum absolute atomic E-state index is 12.3. The van der Waals surface area contributed by atoms with Gasteiger partial charge in [0, 0.05) is 19.2 Å². The molecule has 2 heterocycles. The summed E-state index contributed by atoms with van der Waals surface area (Å²) in [5.74, 6) is 1.98. The molecule has 5 nitrogen and oxygen atoms in total. The lowest BCUT2D eigenvalue weighted by atomic mass is 10.1. The molecule has 0 aliphatic carbocycles. The Hall–Kier alpha value is -3.13. The van der Waals surface area contributed by atoms with Crippen molar-refractivity contribution in [3.8, 4) is 12.3 Å². The summed E-state index contributed by atoms with van der Waals surface area (Å²) in [7, 11) is 1.85. The van der Waals surface area contributed by atoms with Crippen LogP contribution < -0.4 is 9.88 Å². The van der Waals surface area contributed by atoms with Crippen LogP contribution in [0.25, 0.3) is 0 Å². The molecule has 0 spiro atoms. The summed E-state index contributed by atoms with van der Waals surface area (Å²) in [6, 6.07) is 9.65. The molecule has 1 aromatic heterocycles. The molecule has 3 rings (SSSR count). The third-order valence-electron chi connectivity index (χ3n) is 4.03. The fourth-order valence-corrected chi connectivity index (χ4v) is 2.78. The fourth-order valence-electron chi connectivity index (χ4n) is 2.78.